The maximum atomic E-state index is 9.82. The Bertz CT molecular complexity index is 148. The Kier molecular flexibility index (Phi) is 3.76. The monoisotopic (exact) mass is 153 g/mol. The van der Waals surface area contributed by atoms with E-state index in [0.717, 1.165) is 0 Å². The van der Waals surface area contributed by atoms with E-state index in [0.29, 0.717) is 12.8 Å². The molecular formula is C4H9O4S. The van der Waals surface area contributed by atoms with Crippen LogP contribution in [0, 0.1) is 6.92 Å². The first-order valence-electron chi connectivity index (χ1n) is 2.47. The van der Waals surface area contributed by atoms with Crippen molar-refractivity contribution in [2.24, 2.45) is 0 Å². The van der Waals surface area contributed by atoms with Crippen LogP contribution in [0.25, 0.3) is 0 Å². The van der Waals surface area contributed by atoms with E-state index in [1.807, 2.05) is 0 Å². The Balaban J connectivity index is 3.30. The predicted molar refractivity (Wildman–Crippen MR) is 32.1 cm³/mol. The Morgan fingerprint density at radius 2 is 2.11 bits per heavy atom. The summed E-state index contributed by atoms with van der Waals surface area (Å²) in [6, 6.07) is 0. The zero-order chi connectivity index (χ0) is 7.33. The van der Waals surface area contributed by atoms with Crippen molar-refractivity contribution in [3.63, 3.8) is 0 Å². The van der Waals surface area contributed by atoms with Gasteiger partial charge in [0.1, 0.15) is 0 Å². The highest BCUT2D eigenvalue weighted by molar-refractivity contribution is 7.80. The van der Waals surface area contributed by atoms with Gasteiger partial charge in [0.15, 0.2) is 0 Å². The Morgan fingerprint density at radius 3 is 2.44 bits per heavy atom. The van der Waals surface area contributed by atoms with Crippen molar-refractivity contribution in [3.8, 4) is 0 Å². The fraction of sp³-hybridized carbons (Fsp3) is 0.750. The molecule has 0 saturated carbocycles. The summed E-state index contributed by atoms with van der Waals surface area (Å²) >= 11 is 0. The van der Waals surface area contributed by atoms with Gasteiger partial charge in [-0.25, -0.2) is 4.18 Å². The summed E-state index contributed by atoms with van der Waals surface area (Å²) in [5, 5.41) is 0. The zero-order valence-electron chi connectivity index (χ0n) is 4.91. The van der Waals surface area contributed by atoms with Crippen LogP contribution in [0.3, 0.4) is 0 Å². The molecular weight excluding hydrogens is 144 g/mol. The number of unbranched alkanes of at least 4 members (excludes halogenated alkanes) is 1. The molecule has 0 aromatic rings. The van der Waals surface area contributed by atoms with Crippen LogP contribution in [0.5, 0.6) is 0 Å². The Hall–Kier alpha value is -0.130. The van der Waals surface area contributed by atoms with E-state index in [1.165, 1.54) is 0 Å². The fourth-order valence-corrected chi connectivity index (χ4v) is 0.595. The third-order valence-corrected chi connectivity index (χ3v) is 1.09. The molecule has 0 bridgehead atoms. The second-order valence-electron chi connectivity index (χ2n) is 1.46. The Morgan fingerprint density at radius 1 is 1.56 bits per heavy atom. The van der Waals surface area contributed by atoms with Gasteiger partial charge in [0, 0.05) is 0 Å². The third kappa shape index (κ3) is 7.87. The van der Waals surface area contributed by atoms with E-state index >= 15 is 0 Å². The number of hydrogen-bond acceptors (Lipinski definition) is 3. The smallest absolute Gasteiger partial charge is 0.264 e. The molecule has 0 amide bonds. The standard InChI is InChI=1S/C4H9O4S/c1-2-3-4-8-9(5,6)7/h1-4H2,(H,5,6,7). The van der Waals surface area contributed by atoms with Gasteiger partial charge in [-0.3, -0.25) is 4.55 Å². The van der Waals surface area contributed by atoms with Crippen molar-refractivity contribution >= 4 is 10.4 Å². The van der Waals surface area contributed by atoms with Gasteiger partial charge in [-0.05, 0) is 6.42 Å². The van der Waals surface area contributed by atoms with Gasteiger partial charge in [0.25, 0.3) is 0 Å². The second kappa shape index (κ2) is 3.81. The SMILES string of the molecule is [CH2]CCCOS(=O)(=O)O. The van der Waals surface area contributed by atoms with Crippen LogP contribution in [-0.4, -0.2) is 19.6 Å². The van der Waals surface area contributed by atoms with Gasteiger partial charge in [0.2, 0.25) is 0 Å². The van der Waals surface area contributed by atoms with Crippen molar-refractivity contribution in [1.82, 2.24) is 0 Å². The molecule has 9 heavy (non-hydrogen) atoms. The molecule has 5 heteroatoms. The van der Waals surface area contributed by atoms with Crippen molar-refractivity contribution in [3.05, 3.63) is 6.92 Å². The van der Waals surface area contributed by atoms with Crippen molar-refractivity contribution in [1.29, 1.82) is 0 Å². The molecule has 0 saturated heterocycles. The Labute approximate surface area is 54.8 Å². The summed E-state index contributed by atoms with van der Waals surface area (Å²) < 4.78 is 31.6. The van der Waals surface area contributed by atoms with E-state index in [4.69, 9.17) is 4.55 Å². The van der Waals surface area contributed by atoms with E-state index in [9.17, 15) is 8.42 Å². The van der Waals surface area contributed by atoms with Crippen molar-refractivity contribution in [2.75, 3.05) is 6.61 Å². The van der Waals surface area contributed by atoms with Crippen molar-refractivity contribution < 1.29 is 17.2 Å². The molecule has 1 radical (unpaired) electrons. The molecule has 0 rings (SSSR count). The largest absolute Gasteiger partial charge is 0.397 e. The highest BCUT2D eigenvalue weighted by atomic mass is 32.3. The lowest BCUT2D eigenvalue weighted by Gasteiger charge is -1.94. The highest BCUT2D eigenvalue weighted by Crippen LogP contribution is 1.91. The van der Waals surface area contributed by atoms with E-state index < -0.39 is 10.4 Å². The molecule has 0 fully saturated rings. The summed E-state index contributed by atoms with van der Waals surface area (Å²) in [4.78, 5) is 0. The minimum absolute atomic E-state index is 0.00231. The predicted octanol–water partition coefficient (Wildman–Crippen LogP) is 0.420. The average Bonchev–Trinajstić information content (AvgIpc) is 1.63. The topological polar surface area (TPSA) is 63.6 Å². The molecule has 55 valence electrons. The van der Waals surface area contributed by atoms with Crippen LogP contribution < -0.4 is 0 Å². The molecule has 0 spiro atoms. The van der Waals surface area contributed by atoms with Crippen molar-refractivity contribution in [2.45, 2.75) is 12.8 Å². The molecule has 0 aromatic carbocycles. The summed E-state index contributed by atoms with van der Waals surface area (Å²) in [6.07, 6.45) is 1.12. The fourth-order valence-electron chi connectivity index (χ4n) is 0.266. The lowest BCUT2D eigenvalue weighted by Crippen LogP contribution is -2.04. The maximum absolute atomic E-state index is 9.82. The highest BCUT2D eigenvalue weighted by Gasteiger charge is 2.00. The van der Waals surface area contributed by atoms with Gasteiger partial charge in [0.05, 0.1) is 6.61 Å². The molecule has 0 aromatic heterocycles. The van der Waals surface area contributed by atoms with Gasteiger partial charge >= 0.3 is 10.4 Å². The van der Waals surface area contributed by atoms with Crippen LogP contribution in [0.15, 0.2) is 0 Å². The zero-order valence-corrected chi connectivity index (χ0v) is 5.73. The lowest BCUT2D eigenvalue weighted by atomic mass is 10.4. The summed E-state index contributed by atoms with van der Waals surface area (Å²) in [7, 11) is -4.22. The summed E-state index contributed by atoms with van der Waals surface area (Å²) in [5.74, 6) is 0. The van der Waals surface area contributed by atoms with Gasteiger partial charge in [-0.15, -0.1) is 0 Å². The lowest BCUT2D eigenvalue weighted by molar-refractivity contribution is 0.265. The van der Waals surface area contributed by atoms with Gasteiger partial charge < -0.3 is 0 Å². The van der Waals surface area contributed by atoms with Crippen LogP contribution >= 0.6 is 0 Å². The van der Waals surface area contributed by atoms with Crippen LogP contribution in [0.2, 0.25) is 0 Å². The average molecular weight is 153 g/mol. The molecule has 0 aliphatic rings. The quantitative estimate of drug-likeness (QED) is 0.469. The molecule has 0 unspecified atom stereocenters. The van der Waals surface area contributed by atoms with E-state index in [2.05, 4.69) is 11.1 Å². The minimum Gasteiger partial charge on any atom is -0.264 e. The minimum atomic E-state index is -4.22. The molecule has 0 atom stereocenters. The van der Waals surface area contributed by atoms with E-state index in [-0.39, 0.29) is 6.61 Å². The first kappa shape index (κ1) is 8.87. The summed E-state index contributed by atoms with van der Waals surface area (Å²) in [6.45, 7) is 3.45. The maximum Gasteiger partial charge on any atom is 0.397 e. The third-order valence-electron chi connectivity index (χ3n) is 0.627. The van der Waals surface area contributed by atoms with Crippen LogP contribution in [0.4, 0.5) is 0 Å². The number of rotatable bonds is 4. The first-order valence-corrected chi connectivity index (χ1v) is 3.84. The number of hydrogen-bond donors (Lipinski definition) is 1. The normalized spacial score (nSPS) is 11.8. The second-order valence-corrected chi connectivity index (χ2v) is 2.55. The van der Waals surface area contributed by atoms with Gasteiger partial charge in [-0.1, -0.05) is 13.3 Å². The molecule has 0 aliphatic heterocycles. The van der Waals surface area contributed by atoms with E-state index in [1.54, 1.807) is 0 Å². The molecule has 1 N–H and O–H groups in total. The van der Waals surface area contributed by atoms with Gasteiger partial charge in [-0.2, -0.15) is 8.42 Å². The first-order chi connectivity index (χ1) is 4.06. The molecule has 0 aliphatic carbocycles. The molecule has 0 heterocycles. The summed E-state index contributed by atoms with van der Waals surface area (Å²) in [5.41, 5.74) is 0. The van der Waals surface area contributed by atoms with Crippen LogP contribution in [-0.2, 0) is 14.6 Å². The molecule has 4 nitrogen and oxygen atoms in total. The van der Waals surface area contributed by atoms with Crippen LogP contribution in [0.1, 0.15) is 12.8 Å².